The van der Waals surface area contributed by atoms with Gasteiger partial charge in [-0.3, -0.25) is 5.48 Å². The van der Waals surface area contributed by atoms with Crippen LogP contribution in [0.4, 0.5) is 5.69 Å². The van der Waals surface area contributed by atoms with Gasteiger partial charge in [-0.2, -0.15) is 4.89 Å². The van der Waals surface area contributed by atoms with Crippen LogP contribution in [0.5, 0.6) is 0 Å². The van der Waals surface area contributed by atoms with E-state index in [9.17, 15) is 4.89 Å². The number of anilines is 1. The molecular formula is C14H23NO2P. The van der Waals surface area contributed by atoms with Crippen LogP contribution < -0.4 is 5.48 Å². The highest BCUT2D eigenvalue weighted by atomic mass is 31.2. The molecule has 1 aromatic carbocycles. The second-order valence-electron chi connectivity index (χ2n) is 4.38. The van der Waals surface area contributed by atoms with Crippen LogP contribution in [0.25, 0.3) is 0 Å². The summed E-state index contributed by atoms with van der Waals surface area (Å²) in [6, 6.07) is 9.52. The minimum absolute atomic E-state index is 0.640. The first-order valence-electron chi connectivity index (χ1n) is 6.75. The molecule has 0 saturated heterocycles. The van der Waals surface area contributed by atoms with Crippen molar-refractivity contribution in [1.82, 2.24) is 0 Å². The number of rotatable bonds is 10. The molecule has 18 heavy (non-hydrogen) atoms. The van der Waals surface area contributed by atoms with Crippen molar-refractivity contribution in [1.29, 1.82) is 0 Å². The third kappa shape index (κ3) is 7.65. The van der Waals surface area contributed by atoms with Gasteiger partial charge in [-0.15, -0.1) is 0 Å². The van der Waals surface area contributed by atoms with Gasteiger partial charge in [0.1, 0.15) is 0 Å². The molecule has 0 bridgehead atoms. The maximum Gasteiger partial charge on any atom is 0.236 e. The third-order valence-electron chi connectivity index (χ3n) is 2.73. The fourth-order valence-electron chi connectivity index (χ4n) is 1.68. The maximum atomic E-state index is 11.6. The molecule has 1 aromatic rings. The van der Waals surface area contributed by atoms with Crippen molar-refractivity contribution in [2.75, 3.05) is 11.6 Å². The molecule has 1 radical (unpaired) electrons. The van der Waals surface area contributed by atoms with Gasteiger partial charge >= 0.3 is 0 Å². The molecule has 0 saturated carbocycles. The van der Waals surface area contributed by atoms with Crippen LogP contribution >= 0.6 is 8.38 Å². The molecule has 0 aromatic heterocycles. The van der Waals surface area contributed by atoms with Gasteiger partial charge in [0.15, 0.2) is 0 Å². The first kappa shape index (κ1) is 15.4. The number of unbranched alkanes of at least 4 members (excludes halogenated alkanes) is 5. The quantitative estimate of drug-likeness (QED) is 0.363. The predicted octanol–water partition coefficient (Wildman–Crippen LogP) is 5.13. The summed E-state index contributed by atoms with van der Waals surface area (Å²) in [5.41, 5.74) is 3.56. The van der Waals surface area contributed by atoms with Gasteiger partial charge in [0.05, 0.1) is 5.69 Å². The Morgan fingerprint density at radius 2 is 1.72 bits per heavy atom. The second-order valence-corrected chi connectivity index (χ2v) is 5.68. The summed E-state index contributed by atoms with van der Waals surface area (Å²) < 4.78 is 5.11. The Kier molecular flexibility index (Phi) is 8.83. The van der Waals surface area contributed by atoms with Crippen LogP contribution in [-0.4, -0.2) is 6.16 Å². The average Bonchev–Trinajstić information content (AvgIpc) is 2.41. The molecule has 1 unspecified atom stereocenters. The number of hydrogen-bond donors (Lipinski definition) is 1. The number of para-hydroxylation sites is 1. The van der Waals surface area contributed by atoms with Gasteiger partial charge in [-0.25, -0.2) is 4.62 Å². The fourth-order valence-corrected chi connectivity index (χ4v) is 2.46. The first-order chi connectivity index (χ1) is 8.83. The van der Waals surface area contributed by atoms with Crippen molar-refractivity contribution >= 4 is 14.1 Å². The minimum Gasteiger partial charge on any atom is -0.261 e. The highest BCUT2D eigenvalue weighted by Crippen LogP contribution is 2.34. The van der Waals surface area contributed by atoms with E-state index in [4.69, 9.17) is 4.62 Å². The van der Waals surface area contributed by atoms with Gasteiger partial charge in [0, 0.05) is 6.16 Å². The Morgan fingerprint density at radius 1 is 1.06 bits per heavy atom. The van der Waals surface area contributed by atoms with Gasteiger partial charge in [0.2, 0.25) is 8.38 Å². The van der Waals surface area contributed by atoms with E-state index in [-0.39, 0.29) is 0 Å². The number of benzene rings is 1. The van der Waals surface area contributed by atoms with Gasteiger partial charge in [-0.05, 0) is 18.6 Å². The average molecular weight is 268 g/mol. The zero-order chi connectivity index (χ0) is 13.1. The zero-order valence-electron chi connectivity index (χ0n) is 11.1. The Bertz CT molecular complexity index is 295. The molecule has 0 aliphatic carbocycles. The third-order valence-corrected chi connectivity index (χ3v) is 3.71. The van der Waals surface area contributed by atoms with Crippen molar-refractivity contribution in [2.24, 2.45) is 0 Å². The van der Waals surface area contributed by atoms with Crippen LogP contribution in [0.15, 0.2) is 30.3 Å². The summed E-state index contributed by atoms with van der Waals surface area (Å²) in [7, 11) is -1.59. The summed E-state index contributed by atoms with van der Waals surface area (Å²) >= 11 is 0. The van der Waals surface area contributed by atoms with E-state index in [2.05, 4.69) is 12.4 Å². The SMILES string of the molecule is CCCCCCCCP([O])ONc1ccccc1. The van der Waals surface area contributed by atoms with E-state index in [1.807, 2.05) is 30.3 Å². The molecule has 4 heteroatoms. The Labute approximate surface area is 111 Å². The first-order valence-corrected chi connectivity index (χ1v) is 8.12. The molecule has 0 aliphatic rings. The number of hydrogen-bond acceptors (Lipinski definition) is 2. The van der Waals surface area contributed by atoms with Crippen molar-refractivity contribution in [3.05, 3.63) is 30.3 Å². The predicted molar refractivity (Wildman–Crippen MR) is 77.0 cm³/mol. The molecule has 1 atom stereocenters. The summed E-state index contributed by atoms with van der Waals surface area (Å²) in [6.07, 6.45) is 7.86. The lowest BCUT2D eigenvalue weighted by atomic mass is 10.1. The lowest BCUT2D eigenvalue weighted by Gasteiger charge is -2.10. The summed E-state index contributed by atoms with van der Waals surface area (Å²) in [5.74, 6) is 0. The van der Waals surface area contributed by atoms with Crippen LogP contribution in [0.1, 0.15) is 45.4 Å². The van der Waals surface area contributed by atoms with Crippen LogP contribution in [-0.2, 0) is 9.52 Å². The second kappa shape index (κ2) is 10.3. The summed E-state index contributed by atoms with van der Waals surface area (Å²) in [4.78, 5) is 11.6. The van der Waals surface area contributed by atoms with Gasteiger partial charge < -0.3 is 0 Å². The molecular weight excluding hydrogens is 245 g/mol. The van der Waals surface area contributed by atoms with E-state index in [1.54, 1.807) is 0 Å². The highest BCUT2D eigenvalue weighted by Gasteiger charge is 2.07. The van der Waals surface area contributed by atoms with Crippen LogP contribution in [0.3, 0.4) is 0 Å². The fraction of sp³-hybridized carbons (Fsp3) is 0.571. The van der Waals surface area contributed by atoms with Crippen molar-refractivity contribution in [2.45, 2.75) is 45.4 Å². The Hall–Kier alpha value is -0.630. The molecule has 0 amide bonds. The molecule has 0 spiro atoms. The largest absolute Gasteiger partial charge is 0.261 e. The lowest BCUT2D eigenvalue weighted by Crippen LogP contribution is -1.98. The smallest absolute Gasteiger partial charge is 0.236 e. The topological polar surface area (TPSA) is 41.2 Å². The van der Waals surface area contributed by atoms with E-state index in [1.165, 1.54) is 25.7 Å². The zero-order valence-corrected chi connectivity index (χ0v) is 12.0. The van der Waals surface area contributed by atoms with E-state index in [0.717, 1.165) is 18.5 Å². The lowest BCUT2D eigenvalue weighted by molar-refractivity contribution is 0.341. The molecule has 0 aliphatic heterocycles. The molecule has 0 fully saturated rings. The standard InChI is InChI=1S/C14H23NO2P/c1-2-3-4-5-6-10-13-18(16)17-15-14-11-8-7-9-12-14/h7-9,11-12,15H,2-6,10,13H2,1H3. The van der Waals surface area contributed by atoms with E-state index < -0.39 is 8.38 Å². The molecule has 1 rings (SSSR count). The molecule has 1 N–H and O–H groups in total. The Morgan fingerprint density at radius 3 is 2.44 bits per heavy atom. The highest BCUT2D eigenvalue weighted by molar-refractivity contribution is 7.45. The molecule has 0 heterocycles. The summed E-state index contributed by atoms with van der Waals surface area (Å²) in [5, 5.41) is 0. The maximum absolute atomic E-state index is 11.6. The normalized spacial score (nSPS) is 12.3. The van der Waals surface area contributed by atoms with Gasteiger partial charge in [0.25, 0.3) is 0 Å². The minimum atomic E-state index is -1.59. The van der Waals surface area contributed by atoms with Gasteiger partial charge in [-0.1, -0.05) is 57.2 Å². The van der Waals surface area contributed by atoms with E-state index >= 15 is 0 Å². The van der Waals surface area contributed by atoms with Crippen molar-refractivity contribution in [3.63, 3.8) is 0 Å². The summed E-state index contributed by atoms with van der Waals surface area (Å²) in [6.45, 7) is 2.21. The number of nitrogens with one attached hydrogen (secondary N) is 1. The van der Waals surface area contributed by atoms with Crippen LogP contribution in [0, 0.1) is 0 Å². The van der Waals surface area contributed by atoms with E-state index in [0.29, 0.717) is 6.16 Å². The molecule has 101 valence electrons. The Balaban J connectivity index is 1.99. The van der Waals surface area contributed by atoms with Crippen molar-refractivity contribution in [3.8, 4) is 0 Å². The van der Waals surface area contributed by atoms with Crippen LogP contribution in [0.2, 0.25) is 0 Å². The monoisotopic (exact) mass is 268 g/mol. The molecule has 3 nitrogen and oxygen atoms in total. The van der Waals surface area contributed by atoms with Crippen molar-refractivity contribution < 1.29 is 9.52 Å².